The van der Waals surface area contributed by atoms with Crippen LogP contribution in [0.3, 0.4) is 0 Å². The average Bonchev–Trinajstić information content (AvgIpc) is 2.47. The third-order valence-electron chi connectivity index (χ3n) is 3.66. The molecule has 6 heteroatoms. The van der Waals surface area contributed by atoms with Gasteiger partial charge in [-0.25, -0.2) is 0 Å². The van der Waals surface area contributed by atoms with E-state index in [0.717, 1.165) is 32.6 Å². The summed E-state index contributed by atoms with van der Waals surface area (Å²) in [7, 11) is 0. The summed E-state index contributed by atoms with van der Waals surface area (Å²) in [6.07, 6.45) is 4.12. The molecule has 1 amide bonds. The van der Waals surface area contributed by atoms with Gasteiger partial charge < -0.3 is 20.1 Å². The lowest BCUT2D eigenvalue weighted by atomic mass is 9.99. The molecule has 2 N–H and O–H groups in total. The number of nitrogens with one attached hydrogen (secondary N) is 2. The van der Waals surface area contributed by atoms with E-state index < -0.39 is 0 Å². The molecule has 0 aromatic rings. The van der Waals surface area contributed by atoms with Crippen LogP contribution in [-0.4, -0.2) is 62.5 Å². The van der Waals surface area contributed by atoms with Gasteiger partial charge in [-0.1, -0.05) is 0 Å². The standard InChI is InChI=1S/C12H22N2O3S/c1-18-12(2-5-16-6-3-12)9-14-11(15)10-8-17-7-4-13-10/h10,13H,2-9H2,1H3,(H,14,15). The molecule has 0 aromatic carbocycles. The maximum absolute atomic E-state index is 12.0. The summed E-state index contributed by atoms with van der Waals surface area (Å²) >= 11 is 1.84. The third kappa shape index (κ3) is 3.60. The molecule has 104 valence electrons. The van der Waals surface area contributed by atoms with Crippen molar-refractivity contribution in [3.8, 4) is 0 Å². The first-order chi connectivity index (χ1) is 8.76. The highest BCUT2D eigenvalue weighted by molar-refractivity contribution is 8.00. The molecular formula is C12H22N2O3S. The van der Waals surface area contributed by atoms with Gasteiger partial charge in [-0.15, -0.1) is 0 Å². The van der Waals surface area contributed by atoms with E-state index in [4.69, 9.17) is 9.47 Å². The Kier molecular flexibility index (Phi) is 5.29. The molecule has 0 radical (unpaired) electrons. The number of hydrogen-bond donors (Lipinski definition) is 2. The summed E-state index contributed by atoms with van der Waals surface area (Å²) in [5, 5.41) is 6.22. The highest BCUT2D eigenvalue weighted by atomic mass is 32.2. The van der Waals surface area contributed by atoms with Crippen molar-refractivity contribution in [2.24, 2.45) is 0 Å². The van der Waals surface area contributed by atoms with Crippen molar-refractivity contribution in [2.75, 3.05) is 45.8 Å². The number of amides is 1. The second-order valence-corrected chi connectivity index (χ2v) is 6.07. The summed E-state index contributed by atoms with van der Waals surface area (Å²) in [5.74, 6) is 0.0506. The molecule has 1 unspecified atom stereocenters. The highest BCUT2D eigenvalue weighted by Gasteiger charge is 2.33. The smallest absolute Gasteiger partial charge is 0.239 e. The molecule has 0 saturated carbocycles. The molecule has 0 spiro atoms. The van der Waals surface area contributed by atoms with Gasteiger partial charge in [0, 0.05) is 31.1 Å². The van der Waals surface area contributed by atoms with Crippen LogP contribution < -0.4 is 10.6 Å². The van der Waals surface area contributed by atoms with Crippen molar-refractivity contribution in [3.05, 3.63) is 0 Å². The average molecular weight is 274 g/mol. The number of hydrogen-bond acceptors (Lipinski definition) is 5. The second-order valence-electron chi connectivity index (χ2n) is 4.80. The van der Waals surface area contributed by atoms with Gasteiger partial charge >= 0.3 is 0 Å². The van der Waals surface area contributed by atoms with Crippen LogP contribution in [-0.2, 0) is 14.3 Å². The first-order valence-electron chi connectivity index (χ1n) is 6.47. The zero-order valence-electron chi connectivity index (χ0n) is 10.9. The Bertz CT molecular complexity index is 276. The molecule has 2 aliphatic rings. The maximum atomic E-state index is 12.0. The topological polar surface area (TPSA) is 59.6 Å². The van der Waals surface area contributed by atoms with Gasteiger partial charge in [0.15, 0.2) is 0 Å². The lowest BCUT2D eigenvalue weighted by Gasteiger charge is -2.36. The lowest BCUT2D eigenvalue weighted by molar-refractivity contribution is -0.126. The minimum atomic E-state index is -0.197. The van der Waals surface area contributed by atoms with Crippen LogP contribution in [0.4, 0.5) is 0 Å². The van der Waals surface area contributed by atoms with Gasteiger partial charge in [0.1, 0.15) is 6.04 Å². The summed E-state index contributed by atoms with van der Waals surface area (Å²) < 4.78 is 10.8. The number of rotatable bonds is 4. The van der Waals surface area contributed by atoms with Gasteiger partial charge in [-0.2, -0.15) is 11.8 Å². The van der Waals surface area contributed by atoms with Crippen molar-refractivity contribution >= 4 is 17.7 Å². The molecule has 0 aromatic heterocycles. The van der Waals surface area contributed by atoms with Crippen molar-refractivity contribution in [1.29, 1.82) is 0 Å². The van der Waals surface area contributed by atoms with E-state index in [-0.39, 0.29) is 16.7 Å². The Morgan fingerprint density at radius 3 is 2.78 bits per heavy atom. The van der Waals surface area contributed by atoms with Crippen LogP contribution in [0.1, 0.15) is 12.8 Å². The number of morpholine rings is 1. The predicted octanol–water partition coefficient (Wildman–Crippen LogP) is 0.00320. The van der Waals surface area contributed by atoms with Crippen LogP contribution >= 0.6 is 11.8 Å². The molecule has 2 heterocycles. The van der Waals surface area contributed by atoms with Gasteiger partial charge in [0.2, 0.25) is 5.91 Å². The number of carbonyl (C=O) groups excluding carboxylic acids is 1. The third-order valence-corrected chi connectivity index (χ3v) is 5.08. The van der Waals surface area contributed by atoms with Gasteiger partial charge in [-0.3, -0.25) is 4.79 Å². The first-order valence-corrected chi connectivity index (χ1v) is 7.70. The lowest BCUT2D eigenvalue weighted by Crippen LogP contribution is -2.54. The van der Waals surface area contributed by atoms with E-state index in [2.05, 4.69) is 16.9 Å². The zero-order valence-corrected chi connectivity index (χ0v) is 11.7. The monoisotopic (exact) mass is 274 g/mol. The van der Waals surface area contributed by atoms with E-state index in [9.17, 15) is 4.79 Å². The fraction of sp³-hybridized carbons (Fsp3) is 0.917. The summed E-state index contributed by atoms with van der Waals surface area (Å²) in [5.41, 5.74) is 0. The van der Waals surface area contributed by atoms with E-state index in [1.165, 1.54) is 0 Å². The molecule has 2 fully saturated rings. The maximum Gasteiger partial charge on any atom is 0.239 e. The quantitative estimate of drug-likeness (QED) is 0.756. The number of carbonyl (C=O) groups is 1. The van der Waals surface area contributed by atoms with E-state index in [1.807, 2.05) is 11.8 Å². The predicted molar refractivity (Wildman–Crippen MR) is 71.9 cm³/mol. The normalized spacial score (nSPS) is 27.7. The van der Waals surface area contributed by atoms with Crippen molar-refractivity contribution in [1.82, 2.24) is 10.6 Å². The van der Waals surface area contributed by atoms with Crippen LogP contribution in [0.25, 0.3) is 0 Å². The van der Waals surface area contributed by atoms with Gasteiger partial charge in [0.05, 0.1) is 13.2 Å². The minimum Gasteiger partial charge on any atom is -0.381 e. The molecule has 5 nitrogen and oxygen atoms in total. The molecule has 18 heavy (non-hydrogen) atoms. The Labute approximate surface area is 112 Å². The molecular weight excluding hydrogens is 252 g/mol. The molecule has 0 aliphatic carbocycles. The molecule has 2 aliphatic heterocycles. The van der Waals surface area contributed by atoms with Crippen LogP contribution in [0.2, 0.25) is 0 Å². The molecule has 0 bridgehead atoms. The number of ether oxygens (including phenoxy) is 2. The fourth-order valence-electron chi connectivity index (χ4n) is 2.30. The number of thioether (sulfide) groups is 1. The highest BCUT2D eigenvalue weighted by Crippen LogP contribution is 2.32. The molecule has 1 atom stereocenters. The van der Waals surface area contributed by atoms with Crippen molar-refractivity contribution < 1.29 is 14.3 Å². The van der Waals surface area contributed by atoms with Crippen molar-refractivity contribution in [2.45, 2.75) is 23.6 Å². The summed E-state index contributed by atoms with van der Waals surface area (Å²) in [4.78, 5) is 12.0. The van der Waals surface area contributed by atoms with Crippen molar-refractivity contribution in [3.63, 3.8) is 0 Å². The Morgan fingerprint density at radius 2 is 2.17 bits per heavy atom. The fourth-order valence-corrected chi connectivity index (χ4v) is 3.09. The SMILES string of the molecule is CSC1(CNC(=O)C2COCCN2)CCOCC1. The van der Waals surface area contributed by atoms with E-state index in [0.29, 0.717) is 19.8 Å². The summed E-state index contributed by atoms with van der Waals surface area (Å²) in [6, 6.07) is -0.197. The largest absolute Gasteiger partial charge is 0.381 e. The minimum absolute atomic E-state index is 0.0506. The zero-order chi connectivity index (χ0) is 12.8. The second kappa shape index (κ2) is 6.75. The molecule has 2 rings (SSSR count). The van der Waals surface area contributed by atoms with Gasteiger partial charge in [-0.05, 0) is 19.1 Å². The Morgan fingerprint density at radius 1 is 1.39 bits per heavy atom. The van der Waals surface area contributed by atoms with Crippen LogP contribution in [0.5, 0.6) is 0 Å². The Hall–Kier alpha value is -0.300. The Balaban J connectivity index is 1.79. The van der Waals surface area contributed by atoms with Crippen LogP contribution in [0, 0.1) is 0 Å². The first kappa shape index (κ1) is 14.1. The van der Waals surface area contributed by atoms with E-state index >= 15 is 0 Å². The summed E-state index contributed by atoms with van der Waals surface area (Å²) in [6.45, 7) is 4.22. The molecule has 2 saturated heterocycles. The van der Waals surface area contributed by atoms with Crippen LogP contribution in [0.15, 0.2) is 0 Å². The van der Waals surface area contributed by atoms with Gasteiger partial charge in [0.25, 0.3) is 0 Å². The van der Waals surface area contributed by atoms with E-state index in [1.54, 1.807) is 0 Å².